The molecule has 0 aliphatic heterocycles. The molecule has 3 rings (SSSR count). The van der Waals surface area contributed by atoms with Gasteiger partial charge in [0.15, 0.2) is 5.96 Å². The zero-order valence-electron chi connectivity index (χ0n) is 15.9. The topological polar surface area (TPSA) is 58.8 Å². The minimum atomic E-state index is 0. The maximum Gasteiger partial charge on any atom is 0.191 e. The number of benzene rings is 1. The third kappa shape index (κ3) is 7.20. The Morgan fingerprint density at radius 1 is 1.04 bits per heavy atom. The molecular weight excluding hydrogens is 485 g/mol. The number of halogens is 1. The van der Waals surface area contributed by atoms with Gasteiger partial charge >= 0.3 is 0 Å². The number of rotatable bonds is 9. The first-order valence-electron chi connectivity index (χ1n) is 9.04. The number of thiophene rings is 1. The maximum absolute atomic E-state index is 5.42. The Kier molecular flexibility index (Phi) is 9.92. The smallest absolute Gasteiger partial charge is 0.191 e. The van der Waals surface area contributed by atoms with Gasteiger partial charge in [0.05, 0.1) is 19.9 Å². The summed E-state index contributed by atoms with van der Waals surface area (Å²) in [5.74, 6) is 2.70. The number of methoxy groups -OCH3 is 1. The minimum Gasteiger partial charge on any atom is -0.496 e. The molecule has 0 saturated carbocycles. The van der Waals surface area contributed by atoms with Crippen molar-refractivity contribution in [1.82, 2.24) is 10.6 Å². The van der Waals surface area contributed by atoms with E-state index >= 15 is 0 Å². The van der Waals surface area contributed by atoms with Gasteiger partial charge < -0.3 is 19.8 Å². The van der Waals surface area contributed by atoms with Crippen LogP contribution in [0.2, 0.25) is 0 Å². The highest BCUT2D eigenvalue weighted by atomic mass is 127. The maximum atomic E-state index is 5.42. The number of hydrogen-bond acceptors (Lipinski definition) is 4. The quantitative estimate of drug-likeness (QED) is 0.253. The Morgan fingerprint density at radius 3 is 2.57 bits per heavy atom. The lowest BCUT2D eigenvalue weighted by Gasteiger charge is -2.13. The number of nitrogens with zero attached hydrogens (tertiary/aromatic N) is 1. The first-order valence-corrected chi connectivity index (χ1v) is 9.92. The van der Waals surface area contributed by atoms with Gasteiger partial charge in [-0.15, -0.1) is 35.3 Å². The molecule has 0 spiro atoms. The predicted molar refractivity (Wildman–Crippen MR) is 126 cm³/mol. The first kappa shape index (κ1) is 22.3. The van der Waals surface area contributed by atoms with Gasteiger partial charge in [-0.3, -0.25) is 0 Å². The highest BCUT2D eigenvalue weighted by Crippen LogP contribution is 2.17. The summed E-state index contributed by atoms with van der Waals surface area (Å²) in [5.41, 5.74) is 1.18. The highest BCUT2D eigenvalue weighted by Gasteiger charge is 2.04. The molecule has 5 nitrogen and oxygen atoms in total. The number of aliphatic imine (C=N–C) groups is 1. The number of guanidine groups is 1. The number of nitrogens with one attached hydrogen (secondary N) is 2. The van der Waals surface area contributed by atoms with Crippen molar-refractivity contribution in [2.45, 2.75) is 19.4 Å². The molecule has 1 aromatic carbocycles. The Morgan fingerprint density at radius 2 is 1.86 bits per heavy atom. The number of furan rings is 1. The summed E-state index contributed by atoms with van der Waals surface area (Å²) in [5, 5.41) is 8.88. The van der Waals surface area contributed by atoms with Crippen LogP contribution in [0, 0.1) is 0 Å². The third-order valence-electron chi connectivity index (χ3n) is 4.10. The number of hydrogen-bond donors (Lipinski definition) is 2. The van der Waals surface area contributed by atoms with E-state index in [0.29, 0.717) is 6.54 Å². The lowest BCUT2D eigenvalue weighted by molar-refractivity contribution is 0.409. The van der Waals surface area contributed by atoms with Gasteiger partial charge in [0.25, 0.3) is 0 Å². The van der Waals surface area contributed by atoms with E-state index in [0.717, 1.165) is 43.4 Å². The molecule has 2 aromatic heterocycles. The molecule has 2 heterocycles. The summed E-state index contributed by atoms with van der Waals surface area (Å²) in [6, 6.07) is 16.1. The van der Waals surface area contributed by atoms with Gasteiger partial charge in [0.1, 0.15) is 11.5 Å². The Hall–Kier alpha value is -2.00. The highest BCUT2D eigenvalue weighted by molar-refractivity contribution is 14.0. The molecule has 3 aromatic rings. The average Bonchev–Trinajstić information content (AvgIpc) is 3.40. The van der Waals surface area contributed by atoms with Crippen LogP contribution in [0.4, 0.5) is 0 Å². The molecule has 0 radical (unpaired) electrons. The van der Waals surface area contributed by atoms with E-state index in [1.807, 2.05) is 30.3 Å². The molecular formula is C21H26IN3O2S. The largest absolute Gasteiger partial charge is 0.496 e. The van der Waals surface area contributed by atoms with Crippen LogP contribution < -0.4 is 15.4 Å². The Balaban J connectivity index is 0.00000280. The lowest BCUT2D eigenvalue weighted by atomic mass is 10.1. The minimum absolute atomic E-state index is 0. The van der Waals surface area contributed by atoms with Crippen LogP contribution in [-0.2, 0) is 19.4 Å². The summed E-state index contributed by atoms with van der Waals surface area (Å²) in [6.45, 7) is 2.21. The van der Waals surface area contributed by atoms with Gasteiger partial charge in [-0.1, -0.05) is 24.3 Å². The standard InChI is InChI=1S/C21H25N3O2S.HI/c1-25-20-9-3-2-6-17(20)10-12-22-21(24-16-19-8-5-15-27-19)23-13-11-18-7-4-14-26-18;/h2-9,14-15H,10-13,16H2,1H3,(H2,22,23,24);1H. The van der Waals surface area contributed by atoms with E-state index in [2.05, 4.69) is 34.2 Å². The second-order valence-corrected chi connectivity index (χ2v) is 7.02. The van der Waals surface area contributed by atoms with E-state index in [4.69, 9.17) is 14.1 Å². The molecule has 0 unspecified atom stereocenters. The molecule has 7 heteroatoms. The average molecular weight is 511 g/mol. The second-order valence-electron chi connectivity index (χ2n) is 5.99. The monoisotopic (exact) mass is 511 g/mol. The summed E-state index contributed by atoms with van der Waals surface area (Å²) in [7, 11) is 1.70. The molecule has 0 atom stereocenters. The van der Waals surface area contributed by atoms with Crippen molar-refractivity contribution in [1.29, 1.82) is 0 Å². The number of ether oxygens (including phenoxy) is 1. The van der Waals surface area contributed by atoms with Crippen molar-refractivity contribution in [2.24, 2.45) is 4.99 Å². The third-order valence-corrected chi connectivity index (χ3v) is 4.96. The fourth-order valence-electron chi connectivity index (χ4n) is 2.72. The van der Waals surface area contributed by atoms with Crippen molar-refractivity contribution >= 4 is 41.3 Å². The molecule has 0 bridgehead atoms. The molecule has 150 valence electrons. The summed E-state index contributed by atoms with van der Waals surface area (Å²) in [4.78, 5) is 5.94. The van der Waals surface area contributed by atoms with Crippen LogP contribution in [0.1, 0.15) is 16.2 Å². The molecule has 2 N–H and O–H groups in total. The van der Waals surface area contributed by atoms with Gasteiger partial charge in [-0.2, -0.15) is 0 Å². The zero-order valence-corrected chi connectivity index (χ0v) is 19.0. The molecule has 0 saturated heterocycles. The van der Waals surface area contributed by atoms with Crippen LogP contribution >= 0.6 is 35.3 Å². The van der Waals surface area contributed by atoms with Crippen LogP contribution in [-0.4, -0.2) is 26.2 Å². The summed E-state index contributed by atoms with van der Waals surface area (Å²) in [6.07, 6.45) is 3.38. The van der Waals surface area contributed by atoms with Crippen molar-refractivity contribution in [2.75, 3.05) is 20.2 Å². The summed E-state index contributed by atoms with van der Waals surface area (Å²) >= 11 is 1.72. The van der Waals surface area contributed by atoms with Crippen LogP contribution in [0.5, 0.6) is 5.75 Å². The van der Waals surface area contributed by atoms with Gasteiger partial charge in [-0.25, -0.2) is 4.99 Å². The van der Waals surface area contributed by atoms with Crippen LogP contribution in [0.25, 0.3) is 0 Å². The fourth-order valence-corrected chi connectivity index (χ4v) is 3.35. The fraction of sp³-hybridized carbons (Fsp3) is 0.286. The van der Waals surface area contributed by atoms with Crippen molar-refractivity contribution < 1.29 is 9.15 Å². The lowest BCUT2D eigenvalue weighted by Crippen LogP contribution is -2.39. The van der Waals surface area contributed by atoms with E-state index in [-0.39, 0.29) is 24.0 Å². The van der Waals surface area contributed by atoms with Gasteiger partial charge in [-0.05, 0) is 41.6 Å². The van der Waals surface area contributed by atoms with Gasteiger partial charge in [0.2, 0.25) is 0 Å². The van der Waals surface area contributed by atoms with Crippen LogP contribution in [0.15, 0.2) is 69.6 Å². The molecule has 0 amide bonds. The SMILES string of the molecule is COc1ccccc1CCNC(=NCc1cccs1)NCCc1ccco1.I. The number of para-hydroxylation sites is 1. The van der Waals surface area contributed by atoms with Crippen molar-refractivity contribution in [3.8, 4) is 5.75 Å². The molecule has 0 aliphatic rings. The van der Waals surface area contributed by atoms with Gasteiger partial charge in [0, 0.05) is 24.4 Å². The van der Waals surface area contributed by atoms with E-state index in [1.165, 1.54) is 10.4 Å². The van der Waals surface area contributed by atoms with Crippen LogP contribution in [0.3, 0.4) is 0 Å². The van der Waals surface area contributed by atoms with E-state index in [1.54, 1.807) is 24.7 Å². The second kappa shape index (κ2) is 12.5. The zero-order chi connectivity index (χ0) is 18.7. The van der Waals surface area contributed by atoms with Crippen molar-refractivity contribution in [3.63, 3.8) is 0 Å². The van der Waals surface area contributed by atoms with E-state index in [9.17, 15) is 0 Å². The first-order chi connectivity index (χ1) is 13.3. The molecule has 28 heavy (non-hydrogen) atoms. The Labute approximate surface area is 187 Å². The van der Waals surface area contributed by atoms with Crippen molar-refractivity contribution in [3.05, 3.63) is 76.4 Å². The summed E-state index contributed by atoms with van der Waals surface area (Å²) < 4.78 is 10.8. The van der Waals surface area contributed by atoms with E-state index < -0.39 is 0 Å². The molecule has 0 aliphatic carbocycles. The molecule has 0 fully saturated rings. The normalized spacial score (nSPS) is 11.0. The predicted octanol–water partition coefficient (Wildman–Crippen LogP) is 4.49. The Bertz CT molecular complexity index is 820.